The molecule has 0 bridgehead atoms. The van der Waals surface area contributed by atoms with Crippen molar-refractivity contribution in [2.45, 2.75) is 26.4 Å². The first-order chi connectivity index (χ1) is 10.0. The Hall–Kier alpha value is -1.33. The van der Waals surface area contributed by atoms with Gasteiger partial charge in [-0.15, -0.1) is 0 Å². The van der Waals surface area contributed by atoms with Crippen LogP contribution in [0.5, 0.6) is 0 Å². The number of halogens is 1. The van der Waals surface area contributed by atoms with E-state index in [1.54, 1.807) is 13.8 Å². The van der Waals surface area contributed by atoms with Crippen molar-refractivity contribution in [2.75, 3.05) is 24.6 Å². The molecule has 0 saturated carbocycles. The summed E-state index contributed by atoms with van der Waals surface area (Å²) < 4.78 is 5.97. The van der Waals surface area contributed by atoms with Crippen molar-refractivity contribution in [3.8, 4) is 0 Å². The lowest BCUT2D eigenvalue weighted by Crippen LogP contribution is -2.22. The molecule has 0 radical (unpaired) electrons. The third kappa shape index (κ3) is 4.08. The van der Waals surface area contributed by atoms with Crippen LogP contribution in [-0.2, 0) is 9.53 Å². The van der Waals surface area contributed by atoms with Crippen LogP contribution in [0.25, 0.3) is 6.08 Å². The van der Waals surface area contributed by atoms with Crippen molar-refractivity contribution in [3.63, 3.8) is 0 Å². The lowest BCUT2D eigenvalue weighted by Gasteiger charge is -2.21. The summed E-state index contributed by atoms with van der Waals surface area (Å²) in [5.41, 5.74) is 2.54. The quantitative estimate of drug-likeness (QED) is 0.667. The number of aliphatic hydroxyl groups is 1. The fourth-order valence-electron chi connectivity index (χ4n) is 2.43. The van der Waals surface area contributed by atoms with Gasteiger partial charge in [0.2, 0.25) is 0 Å². The highest BCUT2D eigenvalue weighted by molar-refractivity contribution is 9.10. The Morgan fingerprint density at radius 1 is 1.57 bits per heavy atom. The standard InChI is InChI=1S/C16H20BrNO3/c1-3-21-16(20)11(2)8-12-9-13(17)4-5-15(12)18-7-6-14(19)10-18/h4-5,8-9,14,19H,3,6-7,10H2,1-2H3/b11-8+. The van der Waals surface area contributed by atoms with E-state index in [0.717, 1.165) is 28.7 Å². The number of carbonyl (C=O) groups excluding carboxylic acids is 1. The van der Waals surface area contributed by atoms with Crippen molar-refractivity contribution in [2.24, 2.45) is 0 Å². The summed E-state index contributed by atoms with van der Waals surface area (Å²) in [4.78, 5) is 13.9. The van der Waals surface area contributed by atoms with Crippen molar-refractivity contribution in [3.05, 3.63) is 33.8 Å². The molecule has 5 heteroatoms. The minimum absolute atomic E-state index is 0.281. The highest BCUT2D eigenvalue weighted by Gasteiger charge is 2.22. The molecule has 1 aliphatic heterocycles. The number of β-amino-alcohol motifs (C(OH)–C–C–N with tert-alkyl or cyclic N) is 1. The second-order valence-electron chi connectivity index (χ2n) is 5.14. The maximum atomic E-state index is 11.8. The number of hydrogen-bond acceptors (Lipinski definition) is 4. The summed E-state index contributed by atoms with van der Waals surface area (Å²) in [6.45, 7) is 5.36. The van der Waals surface area contributed by atoms with Crippen LogP contribution in [0.1, 0.15) is 25.8 Å². The van der Waals surface area contributed by atoms with E-state index in [1.807, 2.05) is 24.3 Å². The Morgan fingerprint density at radius 2 is 2.33 bits per heavy atom. The van der Waals surface area contributed by atoms with Crippen molar-refractivity contribution >= 4 is 33.7 Å². The van der Waals surface area contributed by atoms with E-state index >= 15 is 0 Å². The summed E-state index contributed by atoms with van der Waals surface area (Å²) in [5.74, 6) is -0.301. The Balaban J connectivity index is 2.31. The average molecular weight is 354 g/mol. The van der Waals surface area contributed by atoms with Gasteiger partial charge in [-0.3, -0.25) is 0 Å². The van der Waals surface area contributed by atoms with Gasteiger partial charge in [-0.05, 0) is 50.1 Å². The maximum absolute atomic E-state index is 11.8. The fraction of sp³-hybridized carbons (Fsp3) is 0.438. The number of aliphatic hydroxyl groups excluding tert-OH is 1. The number of ether oxygens (including phenoxy) is 1. The third-order valence-electron chi connectivity index (χ3n) is 3.46. The maximum Gasteiger partial charge on any atom is 0.333 e. The molecule has 1 aromatic carbocycles. The molecule has 1 unspecified atom stereocenters. The lowest BCUT2D eigenvalue weighted by molar-refractivity contribution is -0.138. The number of carbonyl (C=O) groups is 1. The van der Waals surface area contributed by atoms with E-state index in [0.29, 0.717) is 18.7 Å². The molecule has 114 valence electrons. The minimum atomic E-state index is -0.301. The van der Waals surface area contributed by atoms with E-state index in [4.69, 9.17) is 4.74 Å². The predicted molar refractivity (Wildman–Crippen MR) is 87.3 cm³/mol. The van der Waals surface area contributed by atoms with E-state index in [1.165, 1.54) is 0 Å². The molecule has 0 amide bonds. The SMILES string of the molecule is CCOC(=O)/C(C)=C/c1cc(Br)ccc1N1CCC(O)C1. The van der Waals surface area contributed by atoms with E-state index in [-0.39, 0.29) is 12.1 Å². The Labute approximate surface area is 133 Å². The number of anilines is 1. The number of benzene rings is 1. The second-order valence-corrected chi connectivity index (χ2v) is 6.06. The second kappa shape index (κ2) is 7.09. The van der Waals surface area contributed by atoms with Gasteiger partial charge in [0.05, 0.1) is 12.7 Å². The van der Waals surface area contributed by atoms with Crippen molar-refractivity contribution in [1.82, 2.24) is 0 Å². The molecule has 0 aromatic heterocycles. The van der Waals surface area contributed by atoms with Gasteiger partial charge < -0.3 is 14.7 Å². The van der Waals surface area contributed by atoms with Crippen LogP contribution >= 0.6 is 15.9 Å². The molecule has 1 fully saturated rings. The van der Waals surface area contributed by atoms with Crippen LogP contribution in [0.2, 0.25) is 0 Å². The van der Waals surface area contributed by atoms with Gasteiger partial charge in [-0.2, -0.15) is 0 Å². The normalized spacial score (nSPS) is 19.0. The van der Waals surface area contributed by atoms with E-state index in [2.05, 4.69) is 20.8 Å². The van der Waals surface area contributed by atoms with Crippen molar-refractivity contribution in [1.29, 1.82) is 0 Å². The van der Waals surface area contributed by atoms with Gasteiger partial charge in [0, 0.05) is 28.8 Å². The molecule has 0 aliphatic carbocycles. The Bertz CT molecular complexity index is 556. The summed E-state index contributed by atoms with van der Waals surface area (Å²) in [7, 11) is 0. The first kappa shape index (κ1) is 16.0. The number of nitrogens with zero attached hydrogens (tertiary/aromatic N) is 1. The largest absolute Gasteiger partial charge is 0.463 e. The number of esters is 1. The highest BCUT2D eigenvalue weighted by Crippen LogP contribution is 2.29. The summed E-state index contributed by atoms with van der Waals surface area (Å²) >= 11 is 3.46. The molecule has 2 rings (SSSR count). The molecule has 1 saturated heterocycles. The van der Waals surface area contributed by atoms with Crippen LogP contribution in [-0.4, -0.2) is 36.9 Å². The first-order valence-corrected chi connectivity index (χ1v) is 7.88. The van der Waals surface area contributed by atoms with Crippen LogP contribution < -0.4 is 4.90 Å². The monoisotopic (exact) mass is 353 g/mol. The molecule has 1 atom stereocenters. The molecule has 0 spiro atoms. The molecular formula is C16H20BrNO3. The van der Waals surface area contributed by atoms with E-state index < -0.39 is 0 Å². The topological polar surface area (TPSA) is 49.8 Å². The van der Waals surface area contributed by atoms with Crippen LogP contribution in [0, 0.1) is 0 Å². The lowest BCUT2D eigenvalue weighted by atomic mass is 10.1. The van der Waals surface area contributed by atoms with Gasteiger partial charge in [-0.25, -0.2) is 4.79 Å². The first-order valence-electron chi connectivity index (χ1n) is 7.09. The number of rotatable bonds is 4. The molecule has 21 heavy (non-hydrogen) atoms. The average Bonchev–Trinajstić information content (AvgIpc) is 2.85. The minimum Gasteiger partial charge on any atom is -0.463 e. The zero-order chi connectivity index (χ0) is 15.4. The molecular weight excluding hydrogens is 334 g/mol. The predicted octanol–water partition coefficient (Wildman–Crippen LogP) is 2.99. The zero-order valence-corrected chi connectivity index (χ0v) is 13.9. The van der Waals surface area contributed by atoms with Gasteiger partial charge in [0.15, 0.2) is 0 Å². The van der Waals surface area contributed by atoms with Crippen LogP contribution in [0.15, 0.2) is 28.2 Å². The van der Waals surface area contributed by atoms with Gasteiger partial charge in [-0.1, -0.05) is 15.9 Å². The summed E-state index contributed by atoms with van der Waals surface area (Å²) in [5, 5.41) is 9.71. The van der Waals surface area contributed by atoms with Gasteiger partial charge in [0.1, 0.15) is 0 Å². The summed E-state index contributed by atoms with van der Waals surface area (Å²) in [6.07, 6.45) is 2.33. The molecule has 4 nitrogen and oxygen atoms in total. The van der Waals surface area contributed by atoms with E-state index in [9.17, 15) is 9.90 Å². The third-order valence-corrected chi connectivity index (χ3v) is 3.96. The van der Waals surface area contributed by atoms with Crippen molar-refractivity contribution < 1.29 is 14.6 Å². The smallest absolute Gasteiger partial charge is 0.333 e. The Morgan fingerprint density at radius 3 is 2.95 bits per heavy atom. The molecule has 1 N–H and O–H groups in total. The van der Waals surface area contributed by atoms with Gasteiger partial charge in [0.25, 0.3) is 0 Å². The molecule has 1 aromatic rings. The number of hydrogen-bond donors (Lipinski definition) is 1. The summed E-state index contributed by atoms with van der Waals surface area (Å²) in [6, 6.07) is 5.95. The van der Waals surface area contributed by atoms with Crippen LogP contribution in [0.4, 0.5) is 5.69 Å². The zero-order valence-electron chi connectivity index (χ0n) is 12.3. The molecule has 1 aliphatic rings. The molecule has 1 heterocycles. The Kier molecular flexibility index (Phi) is 5.42. The van der Waals surface area contributed by atoms with Crippen LogP contribution in [0.3, 0.4) is 0 Å². The highest BCUT2D eigenvalue weighted by atomic mass is 79.9. The fourth-order valence-corrected chi connectivity index (χ4v) is 2.81. The van der Waals surface area contributed by atoms with Gasteiger partial charge >= 0.3 is 5.97 Å².